The van der Waals surface area contributed by atoms with Gasteiger partial charge in [-0.05, 0) is 43.8 Å². The van der Waals surface area contributed by atoms with Crippen molar-refractivity contribution in [2.75, 3.05) is 26.0 Å². The highest BCUT2D eigenvalue weighted by Crippen LogP contribution is 2.34. The highest BCUT2D eigenvalue weighted by atomic mass is 35.5. The predicted molar refractivity (Wildman–Crippen MR) is 110 cm³/mol. The van der Waals surface area contributed by atoms with Crippen LogP contribution in [0.5, 0.6) is 0 Å². The lowest BCUT2D eigenvalue weighted by atomic mass is 10.1. The van der Waals surface area contributed by atoms with Crippen LogP contribution in [0.15, 0.2) is 48.5 Å². The van der Waals surface area contributed by atoms with E-state index in [0.717, 1.165) is 11.6 Å². The molecule has 0 saturated carbocycles. The molecule has 2 aromatic rings. The molecule has 2 amide bonds. The van der Waals surface area contributed by atoms with Crippen LogP contribution in [0.1, 0.15) is 18.1 Å². The normalized spacial score (nSPS) is 12.5. The Morgan fingerprint density at radius 1 is 1.07 bits per heavy atom. The minimum Gasteiger partial charge on any atom is -0.335 e. The van der Waals surface area contributed by atoms with E-state index >= 15 is 0 Å². The Kier molecular flexibility index (Phi) is 7.86. The number of halogens is 4. The van der Waals surface area contributed by atoms with E-state index in [1.54, 1.807) is 31.0 Å². The molecule has 30 heavy (non-hydrogen) atoms. The molecule has 0 fully saturated rings. The van der Waals surface area contributed by atoms with E-state index in [4.69, 9.17) is 11.6 Å². The molecule has 0 saturated heterocycles. The summed E-state index contributed by atoms with van der Waals surface area (Å²) in [5.41, 5.74) is -0.321. The van der Waals surface area contributed by atoms with Gasteiger partial charge in [-0.25, -0.2) is 0 Å². The largest absolute Gasteiger partial charge is 0.418 e. The van der Waals surface area contributed by atoms with Crippen molar-refractivity contribution in [1.82, 2.24) is 9.80 Å². The van der Waals surface area contributed by atoms with Crippen LogP contribution in [0.2, 0.25) is 5.02 Å². The van der Waals surface area contributed by atoms with Crippen molar-refractivity contribution in [3.63, 3.8) is 0 Å². The number of carbonyl (C=O) groups excluding carboxylic acids is 2. The molecule has 2 aromatic carbocycles. The smallest absolute Gasteiger partial charge is 0.335 e. The van der Waals surface area contributed by atoms with Crippen LogP contribution in [-0.4, -0.2) is 48.3 Å². The van der Waals surface area contributed by atoms with Gasteiger partial charge in [0.2, 0.25) is 11.8 Å². The molecule has 0 radical (unpaired) electrons. The number of para-hydroxylation sites is 1. The molecule has 0 aliphatic heterocycles. The zero-order chi connectivity index (χ0) is 22.5. The number of anilines is 1. The molecular formula is C21H23ClF3N3O2. The minimum atomic E-state index is -4.59. The van der Waals surface area contributed by atoms with Gasteiger partial charge in [-0.2, -0.15) is 13.2 Å². The molecule has 1 N–H and O–H groups in total. The summed E-state index contributed by atoms with van der Waals surface area (Å²) in [6, 6.07) is 11.4. The Morgan fingerprint density at radius 2 is 1.67 bits per heavy atom. The molecular weight excluding hydrogens is 419 g/mol. The third kappa shape index (κ3) is 6.47. The molecule has 2 rings (SSSR count). The lowest BCUT2D eigenvalue weighted by molar-refractivity contribution is -0.138. The van der Waals surface area contributed by atoms with Crippen molar-refractivity contribution < 1.29 is 22.8 Å². The van der Waals surface area contributed by atoms with Crippen LogP contribution < -0.4 is 5.32 Å². The average Bonchev–Trinajstić information content (AvgIpc) is 2.68. The summed E-state index contributed by atoms with van der Waals surface area (Å²) in [5.74, 6) is -1.04. The molecule has 0 heterocycles. The third-order valence-corrected chi connectivity index (χ3v) is 4.88. The lowest BCUT2D eigenvalue weighted by Gasteiger charge is -2.28. The number of alkyl halides is 3. The van der Waals surface area contributed by atoms with Gasteiger partial charge in [0, 0.05) is 18.6 Å². The van der Waals surface area contributed by atoms with Crippen molar-refractivity contribution in [2.45, 2.75) is 25.7 Å². The van der Waals surface area contributed by atoms with Crippen LogP contribution in [-0.2, 0) is 22.3 Å². The van der Waals surface area contributed by atoms with E-state index in [1.807, 2.05) is 12.1 Å². The van der Waals surface area contributed by atoms with Crippen LogP contribution in [0.3, 0.4) is 0 Å². The van der Waals surface area contributed by atoms with Gasteiger partial charge in [0.15, 0.2) is 0 Å². The van der Waals surface area contributed by atoms with Crippen molar-refractivity contribution >= 4 is 29.1 Å². The fraction of sp³-hybridized carbons (Fsp3) is 0.333. The highest BCUT2D eigenvalue weighted by molar-refractivity contribution is 6.30. The maximum absolute atomic E-state index is 13.1. The zero-order valence-corrected chi connectivity index (χ0v) is 17.6. The summed E-state index contributed by atoms with van der Waals surface area (Å²) in [4.78, 5) is 27.9. The number of likely N-dealkylation sites (N-methyl/N-ethyl adjacent to an activating group) is 2. The second-order valence-electron chi connectivity index (χ2n) is 7.00. The summed E-state index contributed by atoms with van der Waals surface area (Å²) >= 11 is 5.87. The van der Waals surface area contributed by atoms with Gasteiger partial charge in [-0.1, -0.05) is 35.9 Å². The molecule has 0 spiro atoms. The van der Waals surface area contributed by atoms with Gasteiger partial charge in [-0.3, -0.25) is 14.5 Å². The molecule has 162 valence electrons. The Bertz CT molecular complexity index is 888. The van der Waals surface area contributed by atoms with Crippen LogP contribution in [0.4, 0.5) is 18.9 Å². The number of hydrogen-bond acceptors (Lipinski definition) is 3. The SMILES string of the molecule is C[C@@H](C(=O)N(C)CC(=O)Nc1ccccc1C(F)(F)F)N(C)Cc1ccc(Cl)cc1. The third-order valence-electron chi connectivity index (χ3n) is 4.63. The Hall–Kier alpha value is -2.58. The minimum absolute atomic E-state index is 0.328. The highest BCUT2D eigenvalue weighted by Gasteiger charge is 2.33. The molecule has 0 aliphatic carbocycles. The topological polar surface area (TPSA) is 52.7 Å². The molecule has 9 heteroatoms. The first-order valence-electron chi connectivity index (χ1n) is 9.14. The first-order chi connectivity index (χ1) is 14.0. The van der Waals surface area contributed by atoms with E-state index < -0.39 is 23.7 Å². The summed E-state index contributed by atoms with van der Waals surface area (Å²) in [5, 5.41) is 2.85. The number of amides is 2. The van der Waals surface area contributed by atoms with Gasteiger partial charge >= 0.3 is 6.18 Å². The lowest BCUT2D eigenvalue weighted by Crippen LogP contribution is -2.46. The summed E-state index contributed by atoms with van der Waals surface area (Å²) in [6.07, 6.45) is -4.59. The van der Waals surface area contributed by atoms with Crippen molar-refractivity contribution in [1.29, 1.82) is 0 Å². The fourth-order valence-electron chi connectivity index (χ4n) is 2.84. The molecule has 0 unspecified atom stereocenters. The number of benzene rings is 2. The summed E-state index contributed by atoms with van der Waals surface area (Å²) in [6.45, 7) is 1.82. The quantitative estimate of drug-likeness (QED) is 0.698. The van der Waals surface area contributed by atoms with E-state index in [9.17, 15) is 22.8 Å². The number of nitrogens with one attached hydrogen (secondary N) is 1. The monoisotopic (exact) mass is 441 g/mol. The zero-order valence-electron chi connectivity index (χ0n) is 16.8. The molecule has 0 aliphatic rings. The van der Waals surface area contributed by atoms with Gasteiger partial charge in [0.25, 0.3) is 0 Å². The maximum atomic E-state index is 13.1. The van der Waals surface area contributed by atoms with E-state index in [0.29, 0.717) is 11.6 Å². The molecule has 0 aromatic heterocycles. The number of hydrogen-bond donors (Lipinski definition) is 1. The average molecular weight is 442 g/mol. The Labute approximate surface area is 178 Å². The van der Waals surface area contributed by atoms with E-state index in [2.05, 4.69) is 5.32 Å². The Balaban J connectivity index is 1.96. The van der Waals surface area contributed by atoms with Gasteiger partial charge in [-0.15, -0.1) is 0 Å². The van der Waals surface area contributed by atoms with Gasteiger partial charge in [0.1, 0.15) is 0 Å². The first kappa shape index (κ1) is 23.7. The Morgan fingerprint density at radius 3 is 2.27 bits per heavy atom. The molecule has 5 nitrogen and oxygen atoms in total. The van der Waals surface area contributed by atoms with Gasteiger partial charge < -0.3 is 10.2 Å². The van der Waals surface area contributed by atoms with Crippen molar-refractivity contribution in [2.24, 2.45) is 0 Å². The standard InChI is InChI=1S/C21H23ClF3N3O2/c1-14(27(2)12-15-8-10-16(22)11-9-15)20(30)28(3)13-19(29)26-18-7-5-4-6-17(18)21(23,24)25/h4-11,14H,12-13H2,1-3H3,(H,26,29)/t14-/m0/s1. The van der Waals surface area contributed by atoms with E-state index in [1.165, 1.54) is 30.1 Å². The molecule has 1 atom stereocenters. The molecule has 0 bridgehead atoms. The number of carbonyl (C=O) groups is 2. The second-order valence-corrected chi connectivity index (χ2v) is 7.44. The fourth-order valence-corrected chi connectivity index (χ4v) is 2.97. The van der Waals surface area contributed by atoms with Crippen LogP contribution in [0, 0.1) is 0 Å². The van der Waals surface area contributed by atoms with Crippen LogP contribution >= 0.6 is 11.6 Å². The first-order valence-corrected chi connectivity index (χ1v) is 9.52. The van der Waals surface area contributed by atoms with Crippen molar-refractivity contribution in [3.8, 4) is 0 Å². The van der Waals surface area contributed by atoms with E-state index in [-0.39, 0.29) is 18.1 Å². The van der Waals surface area contributed by atoms with Crippen LogP contribution in [0.25, 0.3) is 0 Å². The summed E-state index contributed by atoms with van der Waals surface area (Å²) in [7, 11) is 3.20. The second kappa shape index (κ2) is 9.95. The summed E-state index contributed by atoms with van der Waals surface area (Å²) < 4.78 is 39.2. The van der Waals surface area contributed by atoms with Crippen molar-refractivity contribution in [3.05, 3.63) is 64.7 Å². The van der Waals surface area contributed by atoms with Gasteiger partial charge in [0.05, 0.1) is 23.8 Å². The predicted octanol–water partition coefficient (Wildman–Crippen LogP) is 4.28. The number of rotatable bonds is 7. The number of nitrogens with zero attached hydrogens (tertiary/aromatic N) is 2. The maximum Gasteiger partial charge on any atom is 0.418 e.